The van der Waals surface area contributed by atoms with E-state index in [1.54, 1.807) is 6.21 Å². The zero-order chi connectivity index (χ0) is 21.2. The Bertz CT molecular complexity index is 967. The molecule has 0 aliphatic heterocycles. The Kier molecular flexibility index (Phi) is 8.57. The Hall–Kier alpha value is -2.53. The highest BCUT2D eigenvalue weighted by atomic mass is 35.5. The number of hydrogen-bond donors (Lipinski definition) is 2. The Balaban J connectivity index is 1.44. The largest absolute Gasteiger partial charge is 0.494 e. The summed E-state index contributed by atoms with van der Waals surface area (Å²) >= 11 is 6.38. The minimum atomic E-state index is 0.595. The number of rotatable bonds is 12. The van der Waals surface area contributed by atoms with E-state index in [2.05, 4.69) is 40.4 Å². The summed E-state index contributed by atoms with van der Waals surface area (Å²) in [4.78, 5) is 7.66. The molecule has 0 radical (unpaired) electrons. The molecule has 2 aromatic carbocycles. The Morgan fingerprint density at radius 1 is 1.07 bits per heavy atom. The smallest absolute Gasteiger partial charge is 0.222 e. The van der Waals surface area contributed by atoms with Gasteiger partial charge in [-0.3, -0.25) is 0 Å². The van der Waals surface area contributed by atoms with Crippen LogP contribution in [0.1, 0.15) is 63.0 Å². The maximum absolute atomic E-state index is 6.38. The zero-order valence-electron chi connectivity index (χ0n) is 17.9. The Labute approximate surface area is 183 Å². The van der Waals surface area contributed by atoms with Crippen molar-refractivity contribution in [3.05, 3.63) is 52.5 Å². The number of H-pyrrole nitrogens is 1. The van der Waals surface area contributed by atoms with Crippen molar-refractivity contribution in [3.8, 4) is 5.75 Å². The summed E-state index contributed by atoms with van der Waals surface area (Å²) in [5.41, 5.74) is 6.81. The molecule has 0 unspecified atom stereocenters. The molecule has 3 aromatic rings. The van der Waals surface area contributed by atoms with Crippen LogP contribution in [0.4, 0.5) is 5.95 Å². The molecule has 30 heavy (non-hydrogen) atoms. The lowest BCUT2D eigenvalue weighted by Crippen LogP contribution is -1.98. The van der Waals surface area contributed by atoms with E-state index in [9.17, 15) is 0 Å². The first-order chi connectivity index (χ1) is 14.7. The van der Waals surface area contributed by atoms with Crippen LogP contribution in [0.25, 0.3) is 11.0 Å². The van der Waals surface area contributed by atoms with Crippen molar-refractivity contribution in [2.24, 2.45) is 5.10 Å². The van der Waals surface area contributed by atoms with Gasteiger partial charge in [0.15, 0.2) is 0 Å². The summed E-state index contributed by atoms with van der Waals surface area (Å²) in [6, 6.07) is 11.8. The summed E-state index contributed by atoms with van der Waals surface area (Å²) in [7, 11) is 0. The number of hydrogen-bond acceptors (Lipinski definition) is 4. The minimum absolute atomic E-state index is 0.595. The van der Waals surface area contributed by atoms with E-state index in [0.29, 0.717) is 11.0 Å². The van der Waals surface area contributed by atoms with E-state index in [-0.39, 0.29) is 0 Å². The molecule has 5 nitrogen and oxygen atoms in total. The van der Waals surface area contributed by atoms with Crippen molar-refractivity contribution < 1.29 is 4.74 Å². The maximum Gasteiger partial charge on any atom is 0.222 e. The predicted octanol–water partition coefficient (Wildman–Crippen LogP) is 7.10. The van der Waals surface area contributed by atoms with Gasteiger partial charge in [-0.2, -0.15) is 5.10 Å². The average Bonchev–Trinajstić information content (AvgIpc) is 3.13. The maximum atomic E-state index is 6.38. The van der Waals surface area contributed by atoms with Crippen molar-refractivity contribution in [1.82, 2.24) is 9.97 Å². The SMILES string of the molecule is CCCCCCCCCOc1ccc(/C=N\Nc2nc3ccc(C)cc3[nH]2)c(Cl)c1. The third-order valence-corrected chi connectivity index (χ3v) is 5.33. The van der Waals surface area contributed by atoms with E-state index < -0.39 is 0 Å². The Morgan fingerprint density at radius 3 is 2.67 bits per heavy atom. The molecule has 1 heterocycles. The molecule has 0 bridgehead atoms. The number of nitrogens with zero attached hydrogens (tertiary/aromatic N) is 2. The third kappa shape index (κ3) is 6.77. The molecule has 0 fully saturated rings. The summed E-state index contributed by atoms with van der Waals surface area (Å²) < 4.78 is 5.83. The number of unbranched alkanes of at least 4 members (excludes halogenated alkanes) is 6. The molecule has 0 amide bonds. The van der Waals surface area contributed by atoms with Gasteiger partial charge in [0.1, 0.15) is 5.75 Å². The van der Waals surface area contributed by atoms with Gasteiger partial charge in [0.25, 0.3) is 0 Å². The van der Waals surface area contributed by atoms with E-state index >= 15 is 0 Å². The van der Waals surface area contributed by atoms with E-state index in [4.69, 9.17) is 16.3 Å². The third-order valence-electron chi connectivity index (χ3n) is 5.00. The monoisotopic (exact) mass is 426 g/mol. The Morgan fingerprint density at radius 2 is 1.87 bits per heavy atom. The van der Waals surface area contributed by atoms with Gasteiger partial charge in [0.05, 0.1) is 28.9 Å². The standard InChI is InChI=1S/C24H31ClN4O/c1-3-4-5-6-7-8-9-14-30-20-12-11-19(21(25)16-20)17-26-29-24-27-22-13-10-18(2)15-23(22)28-24/h10-13,15-17H,3-9,14H2,1-2H3,(H2,27,28,29)/b26-17-. The number of aryl methyl sites for hydroxylation is 1. The van der Waals surface area contributed by atoms with Crippen LogP contribution in [0.5, 0.6) is 5.75 Å². The fourth-order valence-electron chi connectivity index (χ4n) is 3.29. The normalized spacial score (nSPS) is 11.4. The van der Waals surface area contributed by atoms with E-state index in [1.165, 1.54) is 44.1 Å². The number of anilines is 1. The fourth-order valence-corrected chi connectivity index (χ4v) is 3.51. The van der Waals surface area contributed by atoms with Crippen LogP contribution < -0.4 is 10.2 Å². The zero-order valence-corrected chi connectivity index (χ0v) is 18.6. The van der Waals surface area contributed by atoms with Crippen molar-refractivity contribution >= 4 is 34.8 Å². The molecule has 1 aromatic heterocycles. The second kappa shape index (κ2) is 11.6. The highest BCUT2D eigenvalue weighted by molar-refractivity contribution is 6.33. The van der Waals surface area contributed by atoms with Gasteiger partial charge in [-0.1, -0.05) is 63.1 Å². The molecule has 0 saturated carbocycles. The number of halogens is 1. The molecule has 0 spiro atoms. The molecule has 0 atom stereocenters. The van der Waals surface area contributed by atoms with Crippen LogP contribution in [0.3, 0.4) is 0 Å². The second-order valence-electron chi connectivity index (χ2n) is 7.63. The first kappa shape index (κ1) is 22.2. The van der Waals surface area contributed by atoms with Crippen LogP contribution in [-0.2, 0) is 0 Å². The number of aromatic nitrogens is 2. The van der Waals surface area contributed by atoms with Gasteiger partial charge in [0, 0.05) is 5.56 Å². The molecule has 0 saturated heterocycles. The lowest BCUT2D eigenvalue weighted by atomic mass is 10.1. The lowest BCUT2D eigenvalue weighted by molar-refractivity contribution is 0.304. The van der Waals surface area contributed by atoms with Crippen molar-refractivity contribution in [2.45, 2.75) is 58.8 Å². The van der Waals surface area contributed by atoms with E-state index in [0.717, 1.165) is 35.4 Å². The summed E-state index contributed by atoms with van der Waals surface area (Å²) in [5, 5.41) is 4.85. The molecular weight excluding hydrogens is 396 g/mol. The highest BCUT2D eigenvalue weighted by Gasteiger charge is 2.03. The van der Waals surface area contributed by atoms with Crippen molar-refractivity contribution in [2.75, 3.05) is 12.0 Å². The number of fused-ring (bicyclic) bond motifs is 1. The summed E-state index contributed by atoms with van der Waals surface area (Å²) in [6.07, 6.45) is 10.6. The van der Waals surface area contributed by atoms with Crippen molar-refractivity contribution in [3.63, 3.8) is 0 Å². The van der Waals surface area contributed by atoms with E-state index in [1.807, 2.05) is 30.3 Å². The van der Waals surface area contributed by atoms with Gasteiger partial charge in [0.2, 0.25) is 5.95 Å². The second-order valence-corrected chi connectivity index (χ2v) is 8.04. The van der Waals surface area contributed by atoms with Gasteiger partial charge in [-0.05, 0) is 49.2 Å². The molecular formula is C24H31ClN4O. The number of aromatic amines is 1. The lowest BCUT2D eigenvalue weighted by Gasteiger charge is -2.07. The molecule has 6 heteroatoms. The minimum Gasteiger partial charge on any atom is -0.494 e. The first-order valence-corrected chi connectivity index (χ1v) is 11.2. The molecule has 0 aliphatic rings. The van der Waals surface area contributed by atoms with Crippen LogP contribution >= 0.6 is 11.6 Å². The average molecular weight is 427 g/mol. The highest BCUT2D eigenvalue weighted by Crippen LogP contribution is 2.22. The number of imidazole rings is 1. The van der Waals surface area contributed by atoms with Crippen LogP contribution in [0, 0.1) is 6.92 Å². The first-order valence-electron chi connectivity index (χ1n) is 10.8. The van der Waals surface area contributed by atoms with Crippen LogP contribution in [-0.4, -0.2) is 22.8 Å². The molecule has 160 valence electrons. The van der Waals surface area contributed by atoms with Gasteiger partial charge < -0.3 is 9.72 Å². The fraction of sp³-hybridized carbons (Fsp3) is 0.417. The van der Waals surface area contributed by atoms with Gasteiger partial charge in [-0.25, -0.2) is 10.4 Å². The summed E-state index contributed by atoms with van der Waals surface area (Å²) in [6.45, 7) is 5.02. The number of ether oxygens (including phenoxy) is 1. The van der Waals surface area contributed by atoms with Crippen LogP contribution in [0.2, 0.25) is 5.02 Å². The molecule has 2 N–H and O–H groups in total. The number of benzene rings is 2. The number of hydrazone groups is 1. The number of nitrogens with one attached hydrogen (secondary N) is 2. The van der Waals surface area contributed by atoms with Crippen LogP contribution in [0.15, 0.2) is 41.5 Å². The molecule has 3 rings (SSSR count). The predicted molar refractivity (Wildman–Crippen MR) is 127 cm³/mol. The quantitative estimate of drug-likeness (QED) is 0.184. The van der Waals surface area contributed by atoms with Crippen molar-refractivity contribution in [1.29, 1.82) is 0 Å². The van der Waals surface area contributed by atoms with Gasteiger partial charge in [-0.15, -0.1) is 0 Å². The molecule has 0 aliphatic carbocycles. The topological polar surface area (TPSA) is 62.3 Å². The van der Waals surface area contributed by atoms with Gasteiger partial charge >= 0.3 is 0 Å². The summed E-state index contributed by atoms with van der Waals surface area (Å²) in [5.74, 6) is 1.39.